The second kappa shape index (κ2) is 5.80. The Kier molecular flexibility index (Phi) is 4.39. The number of aromatic carboxylic acids is 1. The number of alkyl halides is 2. The third kappa shape index (κ3) is 2.76. The Hall–Kier alpha value is -1.97. The third-order valence-electron chi connectivity index (χ3n) is 2.02. The molecule has 0 saturated carbocycles. The quantitative estimate of drug-likeness (QED) is 0.805. The molecule has 84 valence electrons. The van der Waals surface area contributed by atoms with E-state index in [1.54, 1.807) is 12.1 Å². The number of carboxylic acid groups (broad SMARTS) is 1. The highest BCUT2D eigenvalue weighted by Crippen LogP contribution is 2.17. The molecule has 0 radical (unpaired) electrons. The van der Waals surface area contributed by atoms with E-state index in [1.807, 2.05) is 30.3 Å². The van der Waals surface area contributed by atoms with Gasteiger partial charge in [0.15, 0.2) is 0 Å². The van der Waals surface area contributed by atoms with Gasteiger partial charge in [-0.15, -0.1) is 0 Å². The Morgan fingerprint density at radius 2 is 1.62 bits per heavy atom. The molecule has 0 aliphatic carbocycles. The molecule has 0 heterocycles. The molecule has 1 N–H and O–H groups in total. The van der Waals surface area contributed by atoms with Gasteiger partial charge in [-0.1, -0.05) is 36.4 Å². The van der Waals surface area contributed by atoms with E-state index >= 15 is 0 Å². The maximum Gasteiger partial charge on any atom is 0.336 e. The van der Waals surface area contributed by atoms with Crippen LogP contribution in [0.5, 0.6) is 0 Å². The van der Waals surface area contributed by atoms with Gasteiger partial charge in [-0.3, -0.25) is 0 Å². The van der Waals surface area contributed by atoms with Crippen molar-refractivity contribution in [3.05, 3.63) is 48.0 Å². The molecule has 0 amide bonds. The van der Waals surface area contributed by atoms with Gasteiger partial charge in [-0.05, 0) is 16.8 Å². The summed E-state index contributed by atoms with van der Waals surface area (Å²) in [5, 5.41) is 10.6. The number of rotatable bonds is 1. The zero-order valence-corrected chi connectivity index (χ0v) is 8.36. The number of benzene rings is 2. The Morgan fingerprint density at radius 1 is 1.06 bits per heavy atom. The van der Waals surface area contributed by atoms with Gasteiger partial charge in [0.1, 0.15) is 0 Å². The summed E-state index contributed by atoms with van der Waals surface area (Å²) in [4.78, 5) is 10.8. The molecule has 2 rings (SSSR count). The summed E-state index contributed by atoms with van der Waals surface area (Å²) in [6, 6.07) is 12.7. The van der Waals surface area contributed by atoms with Crippen LogP contribution in [0.3, 0.4) is 0 Å². The van der Waals surface area contributed by atoms with Gasteiger partial charge >= 0.3 is 5.97 Å². The second-order valence-electron chi connectivity index (χ2n) is 2.93. The molecular formula is C12H10F2O2. The average Bonchev–Trinajstić information content (AvgIpc) is 2.29. The van der Waals surface area contributed by atoms with Crippen LogP contribution in [0.4, 0.5) is 8.78 Å². The summed E-state index contributed by atoms with van der Waals surface area (Å²) in [7, 11) is 0. The fourth-order valence-corrected chi connectivity index (χ4v) is 1.41. The van der Waals surface area contributed by atoms with E-state index in [0.29, 0.717) is 5.56 Å². The zero-order valence-electron chi connectivity index (χ0n) is 8.36. The number of hydrogen-bond acceptors (Lipinski definition) is 1. The van der Waals surface area contributed by atoms with Crippen LogP contribution in [-0.4, -0.2) is 18.0 Å². The molecule has 0 fully saturated rings. The molecule has 2 nitrogen and oxygen atoms in total. The lowest BCUT2D eigenvalue weighted by atomic mass is 10.1. The minimum Gasteiger partial charge on any atom is -0.478 e. The van der Waals surface area contributed by atoms with E-state index in [1.165, 1.54) is 0 Å². The van der Waals surface area contributed by atoms with Gasteiger partial charge in [0.05, 0.1) is 5.56 Å². The van der Waals surface area contributed by atoms with Crippen molar-refractivity contribution in [2.75, 3.05) is 6.93 Å². The lowest BCUT2D eigenvalue weighted by Gasteiger charge is -2.00. The minimum absolute atomic E-state index is 0.359. The minimum atomic E-state index is -1.75. The van der Waals surface area contributed by atoms with E-state index in [2.05, 4.69) is 0 Å². The Balaban J connectivity index is 0.000000386. The fourth-order valence-electron chi connectivity index (χ4n) is 1.41. The number of carbonyl (C=O) groups is 1. The summed E-state index contributed by atoms with van der Waals surface area (Å²) in [5.41, 5.74) is 0.359. The Labute approximate surface area is 91.1 Å². The van der Waals surface area contributed by atoms with E-state index in [4.69, 9.17) is 5.11 Å². The molecule has 16 heavy (non-hydrogen) atoms. The molecule has 0 aliphatic heterocycles. The van der Waals surface area contributed by atoms with Crippen molar-refractivity contribution in [2.24, 2.45) is 0 Å². The van der Waals surface area contributed by atoms with Crippen molar-refractivity contribution in [3.63, 3.8) is 0 Å². The zero-order chi connectivity index (χ0) is 12.0. The predicted octanol–water partition coefficient (Wildman–Crippen LogP) is 3.42. The molecule has 0 aliphatic rings. The highest BCUT2D eigenvalue weighted by atomic mass is 19.3. The van der Waals surface area contributed by atoms with Crippen molar-refractivity contribution >= 4 is 16.7 Å². The van der Waals surface area contributed by atoms with Crippen LogP contribution < -0.4 is 0 Å². The van der Waals surface area contributed by atoms with Crippen molar-refractivity contribution in [1.82, 2.24) is 0 Å². The van der Waals surface area contributed by atoms with Crippen LogP contribution in [0, 0.1) is 0 Å². The Morgan fingerprint density at radius 3 is 2.25 bits per heavy atom. The van der Waals surface area contributed by atoms with Crippen molar-refractivity contribution < 1.29 is 18.7 Å². The molecule has 0 unspecified atom stereocenters. The van der Waals surface area contributed by atoms with Crippen LogP contribution in [0.15, 0.2) is 42.5 Å². The molecular weight excluding hydrogens is 214 g/mol. The summed E-state index contributed by atoms with van der Waals surface area (Å²) >= 11 is 0. The Bertz CT molecular complexity index is 478. The summed E-state index contributed by atoms with van der Waals surface area (Å²) in [6.45, 7) is -1.75. The highest BCUT2D eigenvalue weighted by molar-refractivity contribution is 6.03. The highest BCUT2D eigenvalue weighted by Gasteiger charge is 2.05. The number of halogens is 2. The first kappa shape index (κ1) is 12.1. The summed E-state index contributed by atoms with van der Waals surface area (Å²) in [5.74, 6) is -0.878. The molecule has 0 bridgehead atoms. The van der Waals surface area contributed by atoms with Crippen LogP contribution in [0.25, 0.3) is 10.8 Å². The molecule has 2 aromatic carbocycles. The van der Waals surface area contributed by atoms with E-state index in [-0.39, 0.29) is 0 Å². The first-order chi connectivity index (χ1) is 7.70. The average molecular weight is 224 g/mol. The third-order valence-corrected chi connectivity index (χ3v) is 2.02. The second-order valence-corrected chi connectivity index (χ2v) is 2.93. The maximum atomic E-state index is 10.8. The normalized spacial score (nSPS) is 9.38. The molecule has 0 saturated heterocycles. The SMILES string of the molecule is FCF.O=C(O)c1cccc2ccccc12. The van der Waals surface area contributed by atoms with E-state index < -0.39 is 12.9 Å². The smallest absolute Gasteiger partial charge is 0.336 e. The van der Waals surface area contributed by atoms with Gasteiger partial charge < -0.3 is 5.11 Å². The number of hydrogen-bond donors (Lipinski definition) is 1. The van der Waals surface area contributed by atoms with E-state index in [9.17, 15) is 13.6 Å². The standard InChI is InChI=1S/C11H8O2.CH2F2/c12-11(13)10-7-3-5-8-4-1-2-6-9(8)10;2-1-3/h1-7H,(H,12,13);1H2. The first-order valence-corrected chi connectivity index (χ1v) is 4.53. The lowest BCUT2D eigenvalue weighted by molar-refractivity contribution is 0.0699. The molecule has 4 heteroatoms. The lowest BCUT2D eigenvalue weighted by Crippen LogP contribution is -1.96. The largest absolute Gasteiger partial charge is 0.478 e. The van der Waals surface area contributed by atoms with Gasteiger partial charge in [0.2, 0.25) is 6.93 Å². The summed E-state index contributed by atoms with van der Waals surface area (Å²) < 4.78 is 19.2. The summed E-state index contributed by atoms with van der Waals surface area (Å²) in [6.07, 6.45) is 0. The van der Waals surface area contributed by atoms with Crippen LogP contribution in [-0.2, 0) is 0 Å². The van der Waals surface area contributed by atoms with Crippen molar-refractivity contribution in [2.45, 2.75) is 0 Å². The molecule has 0 aromatic heterocycles. The van der Waals surface area contributed by atoms with Gasteiger partial charge in [-0.25, -0.2) is 13.6 Å². The molecule has 0 spiro atoms. The van der Waals surface area contributed by atoms with E-state index in [0.717, 1.165) is 10.8 Å². The van der Waals surface area contributed by atoms with Crippen molar-refractivity contribution in [3.8, 4) is 0 Å². The molecule has 0 atom stereocenters. The van der Waals surface area contributed by atoms with Crippen LogP contribution in [0.1, 0.15) is 10.4 Å². The molecule has 2 aromatic rings. The number of fused-ring (bicyclic) bond motifs is 1. The van der Waals surface area contributed by atoms with Gasteiger partial charge in [0, 0.05) is 0 Å². The topological polar surface area (TPSA) is 37.3 Å². The maximum absolute atomic E-state index is 10.8. The van der Waals surface area contributed by atoms with Gasteiger partial charge in [0.25, 0.3) is 0 Å². The van der Waals surface area contributed by atoms with Crippen LogP contribution in [0.2, 0.25) is 0 Å². The van der Waals surface area contributed by atoms with Crippen LogP contribution >= 0.6 is 0 Å². The monoisotopic (exact) mass is 224 g/mol. The van der Waals surface area contributed by atoms with Crippen molar-refractivity contribution in [1.29, 1.82) is 0 Å². The van der Waals surface area contributed by atoms with Gasteiger partial charge in [-0.2, -0.15) is 0 Å². The predicted molar refractivity (Wildman–Crippen MR) is 58.0 cm³/mol. The number of carboxylic acids is 1. The first-order valence-electron chi connectivity index (χ1n) is 4.53. The fraction of sp³-hybridized carbons (Fsp3) is 0.0833.